The van der Waals surface area contributed by atoms with E-state index in [-0.39, 0.29) is 17.9 Å². The Morgan fingerprint density at radius 3 is 2.60 bits per heavy atom. The van der Waals surface area contributed by atoms with Gasteiger partial charge in [0.05, 0.1) is 13.1 Å². The first-order chi connectivity index (χ1) is 14.1. The molecule has 0 aliphatic rings. The Morgan fingerprint density at radius 1 is 1.13 bits per heavy atom. The minimum Gasteiger partial charge on any atom is -0.334 e. The van der Waals surface area contributed by atoms with E-state index in [4.69, 9.17) is 0 Å². The summed E-state index contributed by atoms with van der Waals surface area (Å²) in [4.78, 5) is 30.7. The topological polar surface area (TPSA) is 60.1 Å². The second-order valence-electron chi connectivity index (χ2n) is 7.09. The van der Waals surface area contributed by atoms with Gasteiger partial charge in [0.2, 0.25) is 0 Å². The summed E-state index contributed by atoms with van der Waals surface area (Å²) < 4.78 is 40.4. The molecule has 3 rings (SSSR count). The molecule has 0 spiro atoms. The predicted octanol–water partition coefficient (Wildman–Crippen LogP) is 3.24. The van der Waals surface area contributed by atoms with Crippen LogP contribution in [0.25, 0.3) is 0 Å². The summed E-state index contributed by atoms with van der Waals surface area (Å²) in [7, 11) is 1.42. The van der Waals surface area contributed by atoms with Crippen LogP contribution in [0, 0.1) is 6.92 Å². The van der Waals surface area contributed by atoms with Crippen LogP contribution < -0.4 is 5.56 Å². The Balaban J connectivity index is 1.79. The first-order valence-electron chi connectivity index (χ1n) is 9.21. The van der Waals surface area contributed by atoms with Crippen LogP contribution in [0.5, 0.6) is 0 Å². The fourth-order valence-corrected chi connectivity index (χ4v) is 3.15. The van der Waals surface area contributed by atoms with Gasteiger partial charge in [-0.1, -0.05) is 29.8 Å². The summed E-state index contributed by atoms with van der Waals surface area (Å²) in [5.74, 6) is -0.501. The second-order valence-corrected chi connectivity index (χ2v) is 7.09. The first-order valence-corrected chi connectivity index (χ1v) is 9.21. The predicted molar refractivity (Wildman–Crippen MR) is 105 cm³/mol. The van der Waals surface area contributed by atoms with Crippen LogP contribution in [0.2, 0.25) is 0 Å². The number of carbonyl (C=O) groups excluding carboxylic acids is 1. The molecule has 2 heterocycles. The van der Waals surface area contributed by atoms with Crippen LogP contribution >= 0.6 is 0 Å². The lowest BCUT2D eigenvalue weighted by molar-refractivity contribution is -0.141. The summed E-state index contributed by atoms with van der Waals surface area (Å²) in [6.07, 6.45) is -0.353. The monoisotopic (exact) mass is 418 g/mol. The summed E-state index contributed by atoms with van der Waals surface area (Å²) in [6, 6.07) is 10.7. The molecule has 0 bridgehead atoms. The van der Waals surface area contributed by atoms with Crippen molar-refractivity contribution in [3.63, 3.8) is 0 Å². The number of aryl methyl sites for hydroxylation is 1. The number of rotatable bonds is 6. The van der Waals surface area contributed by atoms with Crippen molar-refractivity contribution in [2.45, 2.75) is 32.7 Å². The van der Waals surface area contributed by atoms with Crippen molar-refractivity contribution in [2.24, 2.45) is 0 Å². The van der Waals surface area contributed by atoms with Gasteiger partial charge in [0, 0.05) is 25.6 Å². The van der Waals surface area contributed by atoms with E-state index in [2.05, 4.69) is 4.98 Å². The molecule has 0 atom stereocenters. The fraction of sp³-hybridized carbons (Fsp3) is 0.286. The zero-order chi connectivity index (χ0) is 21.9. The van der Waals surface area contributed by atoms with Gasteiger partial charge in [-0.25, -0.2) is 4.98 Å². The Labute approximate surface area is 171 Å². The fourth-order valence-electron chi connectivity index (χ4n) is 3.15. The molecule has 0 unspecified atom stereocenters. The number of hydrogen-bond acceptors (Lipinski definition) is 3. The Morgan fingerprint density at radius 2 is 1.90 bits per heavy atom. The van der Waals surface area contributed by atoms with Gasteiger partial charge in [0.25, 0.3) is 11.5 Å². The van der Waals surface area contributed by atoms with Gasteiger partial charge < -0.3 is 14.0 Å². The van der Waals surface area contributed by atoms with Crippen molar-refractivity contribution < 1.29 is 18.0 Å². The molecule has 0 aliphatic heterocycles. The summed E-state index contributed by atoms with van der Waals surface area (Å²) in [5, 5.41) is 0. The van der Waals surface area contributed by atoms with Gasteiger partial charge in [-0.2, -0.15) is 13.2 Å². The number of benzene rings is 1. The van der Waals surface area contributed by atoms with E-state index in [9.17, 15) is 22.8 Å². The largest absolute Gasteiger partial charge is 0.406 e. The molecule has 158 valence electrons. The SMILES string of the molecule is Cc1cccc(Cn2cccc(C(=O)N(C)Cc3nccn3CC(F)(F)F)c2=O)c1. The molecule has 0 saturated carbocycles. The number of amides is 1. The van der Waals surface area contributed by atoms with Crippen LogP contribution in [0.15, 0.2) is 59.8 Å². The van der Waals surface area contributed by atoms with Gasteiger partial charge in [0.15, 0.2) is 0 Å². The highest BCUT2D eigenvalue weighted by molar-refractivity contribution is 5.93. The van der Waals surface area contributed by atoms with Crippen LogP contribution in [0.3, 0.4) is 0 Å². The highest BCUT2D eigenvalue weighted by Crippen LogP contribution is 2.19. The number of imidazole rings is 1. The third-order valence-corrected chi connectivity index (χ3v) is 4.56. The highest BCUT2D eigenvalue weighted by atomic mass is 19.4. The number of alkyl halides is 3. The molecular formula is C21H21F3N4O2. The van der Waals surface area contributed by atoms with E-state index in [0.717, 1.165) is 15.7 Å². The number of nitrogens with zero attached hydrogens (tertiary/aromatic N) is 4. The first kappa shape index (κ1) is 21.4. The summed E-state index contributed by atoms with van der Waals surface area (Å²) >= 11 is 0. The third-order valence-electron chi connectivity index (χ3n) is 4.56. The van der Waals surface area contributed by atoms with E-state index in [1.165, 1.54) is 35.0 Å². The molecule has 0 fully saturated rings. The minimum atomic E-state index is -4.40. The number of pyridine rings is 1. The van der Waals surface area contributed by atoms with Crippen molar-refractivity contribution in [3.8, 4) is 0 Å². The number of halogens is 3. The lowest BCUT2D eigenvalue weighted by Gasteiger charge is -2.18. The van der Waals surface area contributed by atoms with Crippen LogP contribution in [0.1, 0.15) is 27.3 Å². The molecule has 0 aliphatic carbocycles. The van der Waals surface area contributed by atoms with Crippen molar-refractivity contribution in [1.82, 2.24) is 19.0 Å². The zero-order valence-corrected chi connectivity index (χ0v) is 16.6. The Kier molecular flexibility index (Phi) is 6.09. The molecule has 0 radical (unpaired) electrons. The molecular weight excluding hydrogens is 397 g/mol. The van der Waals surface area contributed by atoms with Gasteiger partial charge in [-0.3, -0.25) is 9.59 Å². The van der Waals surface area contributed by atoms with Crippen molar-refractivity contribution >= 4 is 5.91 Å². The lowest BCUT2D eigenvalue weighted by Crippen LogP contribution is -2.35. The Hall–Kier alpha value is -3.36. The third kappa shape index (κ3) is 5.16. The minimum absolute atomic E-state index is 0.0541. The summed E-state index contributed by atoms with van der Waals surface area (Å²) in [5.41, 5.74) is 1.46. The highest BCUT2D eigenvalue weighted by Gasteiger charge is 2.29. The molecule has 0 saturated heterocycles. The van der Waals surface area contributed by atoms with Crippen LogP contribution in [-0.4, -0.2) is 38.1 Å². The average Bonchev–Trinajstić information content (AvgIpc) is 3.07. The second kappa shape index (κ2) is 8.56. The molecule has 6 nitrogen and oxygen atoms in total. The van der Waals surface area contributed by atoms with Crippen LogP contribution in [0.4, 0.5) is 13.2 Å². The molecule has 3 aromatic rings. The van der Waals surface area contributed by atoms with Gasteiger partial charge in [-0.05, 0) is 24.6 Å². The maximum absolute atomic E-state index is 12.8. The normalized spacial score (nSPS) is 11.5. The Bertz CT molecular complexity index is 1100. The molecule has 0 N–H and O–H groups in total. The smallest absolute Gasteiger partial charge is 0.334 e. The van der Waals surface area contributed by atoms with E-state index >= 15 is 0 Å². The van der Waals surface area contributed by atoms with Gasteiger partial charge in [-0.15, -0.1) is 0 Å². The van der Waals surface area contributed by atoms with Gasteiger partial charge in [0.1, 0.15) is 17.9 Å². The zero-order valence-electron chi connectivity index (χ0n) is 16.6. The average molecular weight is 418 g/mol. The lowest BCUT2D eigenvalue weighted by atomic mass is 10.1. The van der Waals surface area contributed by atoms with Crippen LogP contribution in [-0.2, 0) is 19.6 Å². The van der Waals surface area contributed by atoms with Gasteiger partial charge >= 0.3 is 6.18 Å². The molecule has 9 heteroatoms. The maximum Gasteiger partial charge on any atom is 0.406 e. The van der Waals surface area contributed by atoms with Crippen molar-refractivity contribution in [2.75, 3.05) is 7.05 Å². The van der Waals surface area contributed by atoms with Crippen molar-refractivity contribution in [1.29, 1.82) is 0 Å². The molecule has 1 aromatic carbocycles. The van der Waals surface area contributed by atoms with E-state index in [1.54, 1.807) is 12.3 Å². The van der Waals surface area contributed by atoms with Crippen molar-refractivity contribution in [3.05, 3.63) is 87.9 Å². The molecule has 30 heavy (non-hydrogen) atoms. The molecule has 2 aromatic heterocycles. The quantitative estimate of drug-likeness (QED) is 0.618. The van der Waals surface area contributed by atoms with E-state index in [1.807, 2.05) is 31.2 Å². The van der Waals surface area contributed by atoms with E-state index < -0.39 is 24.2 Å². The molecule has 1 amide bonds. The summed E-state index contributed by atoms with van der Waals surface area (Å²) in [6.45, 7) is 0.901. The van der Waals surface area contributed by atoms with E-state index in [0.29, 0.717) is 6.54 Å². The standard InChI is InChI=1S/C21H21F3N4O2/c1-15-5-3-6-16(11-15)12-27-9-4-7-17(20(27)30)19(29)26(2)13-18-25-8-10-28(18)14-21(22,23)24/h3-11H,12-14H2,1-2H3. The number of hydrogen-bond donors (Lipinski definition) is 0. The maximum atomic E-state index is 12.8. The number of aromatic nitrogens is 3. The number of carbonyl (C=O) groups is 1.